The highest BCUT2D eigenvalue weighted by molar-refractivity contribution is 7.84. The lowest BCUT2D eigenvalue weighted by molar-refractivity contribution is 0.687. The normalized spacial score (nSPS) is 13.5. The summed E-state index contributed by atoms with van der Waals surface area (Å²) in [7, 11) is -1.07. The topological polar surface area (TPSA) is 20.3 Å². The minimum atomic E-state index is -1.07. The Bertz CT molecular complexity index is 1180. The van der Waals surface area contributed by atoms with Crippen LogP contribution in [-0.4, -0.2) is 10.5 Å². The second kappa shape index (κ2) is 5.82. The third kappa shape index (κ3) is 2.14. The van der Waals surface area contributed by atoms with Crippen molar-refractivity contribution < 1.29 is 4.21 Å². The smallest absolute Gasteiger partial charge is 0.0625 e. The average Bonchev–Trinajstić information content (AvgIpc) is 2.69. The van der Waals surface area contributed by atoms with Crippen LogP contribution in [-0.2, 0) is 10.8 Å². The van der Waals surface area contributed by atoms with Crippen molar-refractivity contribution in [3.8, 4) is 11.1 Å². The fourth-order valence-corrected chi connectivity index (χ4v) is 4.63. The summed E-state index contributed by atoms with van der Waals surface area (Å²) in [5.41, 5.74) is 5.68. The van der Waals surface area contributed by atoms with E-state index in [9.17, 15) is 4.21 Å². The molecule has 5 rings (SSSR count). The average molecular weight is 355 g/mol. The van der Waals surface area contributed by atoms with Crippen molar-refractivity contribution in [2.75, 3.05) is 11.2 Å². The fourth-order valence-electron chi connectivity index (χ4n) is 3.90. The predicted octanol–water partition coefficient (Wildman–Crippen LogP) is 6.03. The van der Waals surface area contributed by atoms with Gasteiger partial charge in [-0.05, 0) is 35.2 Å². The van der Waals surface area contributed by atoms with Crippen molar-refractivity contribution in [3.05, 3.63) is 84.9 Å². The molecule has 2 nitrogen and oxygen atoms in total. The number of para-hydroxylation sites is 2. The number of fused-ring (bicyclic) bond motifs is 2. The molecule has 1 heterocycles. The molecular formula is C23H17NOS. The lowest BCUT2D eigenvalue weighted by Crippen LogP contribution is -2.16. The lowest BCUT2D eigenvalue weighted by Gasteiger charge is -2.34. The number of hydrogen-bond donors (Lipinski definition) is 0. The first-order chi connectivity index (χ1) is 12.8. The van der Waals surface area contributed by atoms with Crippen LogP contribution in [0.15, 0.2) is 89.8 Å². The van der Waals surface area contributed by atoms with Crippen LogP contribution in [0, 0.1) is 0 Å². The quantitative estimate of drug-likeness (QED) is 0.385. The molecule has 1 atom stereocenters. The van der Waals surface area contributed by atoms with Gasteiger partial charge < -0.3 is 4.90 Å². The molecule has 0 radical (unpaired) electrons. The van der Waals surface area contributed by atoms with Crippen molar-refractivity contribution >= 4 is 38.6 Å². The number of anilines is 3. The van der Waals surface area contributed by atoms with Crippen molar-refractivity contribution in [2.24, 2.45) is 0 Å². The molecule has 0 bridgehead atoms. The number of nitrogens with zero attached hydrogens (tertiary/aromatic N) is 1. The number of hydrogen-bond acceptors (Lipinski definition) is 2. The highest BCUT2D eigenvalue weighted by Crippen LogP contribution is 2.51. The molecule has 0 saturated carbocycles. The lowest BCUT2D eigenvalue weighted by atomic mass is 9.91. The van der Waals surface area contributed by atoms with Gasteiger partial charge in [0.2, 0.25) is 0 Å². The van der Waals surface area contributed by atoms with Crippen LogP contribution in [0.3, 0.4) is 0 Å². The molecule has 0 aromatic heterocycles. The molecule has 0 fully saturated rings. The molecule has 126 valence electrons. The summed E-state index contributed by atoms with van der Waals surface area (Å²) in [5, 5.41) is 2.46. The fraction of sp³-hybridized carbons (Fsp3) is 0.0435. The van der Waals surface area contributed by atoms with Crippen molar-refractivity contribution in [2.45, 2.75) is 4.90 Å². The predicted molar refractivity (Wildman–Crippen MR) is 110 cm³/mol. The maximum absolute atomic E-state index is 12.4. The summed E-state index contributed by atoms with van der Waals surface area (Å²) in [6.07, 6.45) is 1.74. The Kier molecular flexibility index (Phi) is 3.44. The Morgan fingerprint density at radius 2 is 1.27 bits per heavy atom. The molecule has 4 aromatic carbocycles. The molecule has 0 saturated heterocycles. The van der Waals surface area contributed by atoms with Crippen LogP contribution >= 0.6 is 0 Å². The van der Waals surface area contributed by atoms with E-state index in [1.54, 1.807) is 6.26 Å². The van der Waals surface area contributed by atoms with E-state index >= 15 is 0 Å². The van der Waals surface area contributed by atoms with Gasteiger partial charge in [0.1, 0.15) is 0 Å². The van der Waals surface area contributed by atoms with Crippen LogP contribution in [0.2, 0.25) is 0 Å². The second-order valence-corrected chi connectivity index (χ2v) is 7.80. The zero-order valence-corrected chi connectivity index (χ0v) is 15.2. The van der Waals surface area contributed by atoms with Gasteiger partial charge in [-0.15, -0.1) is 0 Å². The third-order valence-electron chi connectivity index (χ3n) is 4.97. The summed E-state index contributed by atoms with van der Waals surface area (Å²) in [5.74, 6) is 0. The van der Waals surface area contributed by atoms with Crippen molar-refractivity contribution in [3.63, 3.8) is 0 Å². The van der Waals surface area contributed by atoms with Gasteiger partial charge >= 0.3 is 0 Å². The molecule has 1 aliphatic heterocycles. The summed E-state index contributed by atoms with van der Waals surface area (Å²) in [6.45, 7) is 0. The first-order valence-electron chi connectivity index (χ1n) is 8.59. The zero-order chi connectivity index (χ0) is 17.7. The highest BCUT2D eigenvalue weighted by atomic mass is 32.2. The standard InChI is InChI=1S/C23H17NOS/c1-26(25)22-15-5-4-13-20(22)24-19-12-3-2-10-17(19)18-11-6-8-16-9-7-14-21(24)23(16)18/h2-15H,1H3. The molecule has 0 N–H and O–H groups in total. The Balaban J connectivity index is 1.93. The van der Waals surface area contributed by atoms with Crippen LogP contribution < -0.4 is 4.90 Å². The van der Waals surface area contributed by atoms with Gasteiger partial charge in [-0.25, -0.2) is 0 Å². The Hall–Kier alpha value is -2.91. The van der Waals surface area contributed by atoms with Gasteiger partial charge in [0.05, 0.1) is 32.8 Å². The van der Waals surface area contributed by atoms with E-state index in [2.05, 4.69) is 71.6 Å². The molecule has 26 heavy (non-hydrogen) atoms. The molecule has 1 unspecified atom stereocenters. The van der Waals surface area contributed by atoms with Crippen LogP contribution in [0.5, 0.6) is 0 Å². The minimum Gasteiger partial charge on any atom is -0.308 e. The first-order valence-corrected chi connectivity index (χ1v) is 10.2. The monoisotopic (exact) mass is 355 g/mol. The Morgan fingerprint density at radius 1 is 0.654 bits per heavy atom. The Labute approximate surface area is 155 Å². The van der Waals surface area contributed by atoms with E-state index in [0.717, 1.165) is 22.0 Å². The molecule has 0 aliphatic carbocycles. The highest BCUT2D eigenvalue weighted by Gasteiger charge is 2.27. The van der Waals surface area contributed by atoms with Gasteiger partial charge in [0.15, 0.2) is 0 Å². The van der Waals surface area contributed by atoms with Gasteiger partial charge in [-0.3, -0.25) is 4.21 Å². The minimum absolute atomic E-state index is 0.846. The number of benzene rings is 4. The van der Waals surface area contributed by atoms with Crippen LogP contribution in [0.25, 0.3) is 21.9 Å². The van der Waals surface area contributed by atoms with E-state index < -0.39 is 10.8 Å². The van der Waals surface area contributed by atoms with E-state index in [1.165, 1.54) is 21.9 Å². The molecule has 3 heteroatoms. The zero-order valence-electron chi connectivity index (χ0n) is 14.3. The molecular weight excluding hydrogens is 338 g/mol. The maximum Gasteiger partial charge on any atom is 0.0625 e. The van der Waals surface area contributed by atoms with Crippen molar-refractivity contribution in [1.29, 1.82) is 0 Å². The largest absolute Gasteiger partial charge is 0.308 e. The maximum atomic E-state index is 12.4. The Morgan fingerprint density at radius 3 is 2.08 bits per heavy atom. The second-order valence-electron chi connectivity index (χ2n) is 6.46. The van der Waals surface area contributed by atoms with Crippen molar-refractivity contribution in [1.82, 2.24) is 0 Å². The van der Waals surface area contributed by atoms with Gasteiger partial charge in [0, 0.05) is 17.2 Å². The summed E-state index contributed by atoms with van der Waals surface area (Å²) in [6, 6.07) is 29.3. The summed E-state index contributed by atoms with van der Waals surface area (Å²) >= 11 is 0. The molecule has 0 amide bonds. The van der Waals surface area contributed by atoms with E-state index in [-0.39, 0.29) is 0 Å². The SMILES string of the molecule is CS(=O)c1ccccc1N1c2ccccc2-c2cccc3cccc1c23. The van der Waals surface area contributed by atoms with Crippen LogP contribution in [0.1, 0.15) is 0 Å². The van der Waals surface area contributed by atoms with E-state index in [0.29, 0.717) is 0 Å². The molecule has 1 aliphatic rings. The molecule has 0 spiro atoms. The number of rotatable bonds is 2. The summed E-state index contributed by atoms with van der Waals surface area (Å²) in [4.78, 5) is 3.10. The van der Waals surface area contributed by atoms with Crippen LogP contribution in [0.4, 0.5) is 17.1 Å². The summed E-state index contributed by atoms with van der Waals surface area (Å²) < 4.78 is 12.4. The van der Waals surface area contributed by atoms with Gasteiger partial charge in [-0.2, -0.15) is 0 Å². The molecule has 4 aromatic rings. The van der Waals surface area contributed by atoms with Gasteiger partial charge in [-0.1, -0.05) is 60.7 Å². The van der Waals surface area contributed by atoms with E-state index in [4.69, 9.17) is 0 Å². The third-order valence-corrected chi connectivity index (χ3v) is 5.94. The van der Waals surface area contributed by atoms with Gasteiger partial charge in [0.25, 0.3) is 0 Å². The van der Waals surface area contributed by atoms with E-state index in [1.807, 2.05) is 18.2 Å². The first kappa shape index (κ1) is 15.4.